The number of anilines is 1. The van der Waals surface area contributed by atoms with Crippen LogP contribution in [0, 0.1) is 11.7 Å². The molecular weight excluding hydrogens is 589 g/mol. The fraction of sp³-hybridized carbons (Fsp3) is 0.484. The van der Waals surface area contributed by atoms with Crippen molar-refractivity contribution in [2.75, 3.05) is 43.8 Å². The topological polar surface area (TPSA) is 136 Å². The number of benzene rings is 2. The lowest BCUT2D eigenvalue weighted by molar-refractivity contribution is -0.126. The SMILES string of the molecule is CC(C)[C@@H]1CN(C(=O)c2ccc(N(C)S(C)(=O)=O)cc2)CC(=O)NCCCc2ccc(F)c(c2)C(=O)N2CCC[C@H]2C(=O)N1. The summed E-state index contributed by atoms with van der Waals surface area (Å²) in [6, 6.07) is 9.03. The number of nitrogens with zero attached hydrogens (tertiary/aromatic N) is 3. The molecule has 2 heterocycles. The summed E-state index contributed by atoms with van der Waals surface area (Å²) >= 11 is 0. The van der Waals surface area contributed by atoms with E-state index in [2.05, 4.69) is 10.6 Å². The average Bonchev–Trinajstić information content (AvgIpc) is 3.47. The van der Waals surface area contributed by atoms with Crippen LogP contribution in [0.15, 0.2) is 42.5 Å². The fourth-order valence-electron chi connectivity index (χ4n) is 5.43. The minimum Gasteiger partial charge on any atom is -0.355 e. The van der Waals surface area contributed by atoms with E-state index in [0.29, 0.717) is 44.5 Å². The van der Waals surface area contributed by atoms with Crippen molar-refractivity contribution < 1.29 is 32.0 Å². The minimum atomic E-state index is -3.50. The summed E-state index contributed by atoms with van der Waals surface area (Å²) in [6.07, 6.45) is 3.09. The van der Waals surface area contributed by atoms with Gasteiger partial charge in [-0.3, -0.25) is 23.5 Å². The molecule has 2 aromatic rings. The van der Waals surface area contributed by atoms with Gasteiger partial charge in [0.1, 0.15) is 11.9 Å². The van der Waals surface area contributed by atoms with E-state index in [1.165, 1.54) is 53.2 Å². The molecule has 4 amide bonds. The Bertz CT molecular complexity index is 1510. The maximum absolute atomic E-state index is 14.8. The third-order valence-corrected chi connectivity index (χ3v) is 9.39. The lowest BCUT2D eigenvalue weighted by atomic mass is 10.0. The number of carbonyl (C=O) groups excluding carboxylic acids is 4. The molecule has 4 rings (SSSR count). The smallest absolute Gasteiger partial charge is 0.257 e. The Labute approximate surface area is 257 Å². The number of nitrogens with one attached hydrogen (secondary N) is 2. The van der Waals surface area contributed by atoms with E-state index in [4.69, 9.17) is 0 Å². The van der Waals surface area contributed by atoms with Crippen LogP contribution in [0.25, 0.3) is 0 Å². The third-order valence-electron chi connectivity index (χ3n) is 8.19. The van der Waals surface area contributed by atoms with Crippen molar-refractivity contribution >= 4 is 39.3 Å². The molecule has 0 radical (unpaired) electrons. The zero-order chi connectivity index (χ0) is 32.2. The maximum atomic E-state index is 14.8. The lowest BCUT2D eigenvalue weighted by Crippen LogP contribution is -2.54. The van der Waals surface area contributed by atoms with E-state index in [-0.39, 0.29) is 36.0 Å². The number of fused-ring (bicyclic) bond motifs is 3. The zero-order valence-electron chi connectivity index (χ0n) is 25.5. The second-order valence-electron chi connectivity index (χ2n) is 11.7. The van der Waals surface area contributed by atoms with Gasteiger partial charge in [-0.25, -0.2) is 12.8 Å². The van der Waals surface area contributed by atoms with E-state index < -0.39 is 45.6 Å². The Morgan fingerprint density at radius 1 is 1.07 bits per heavy atom. The summed E-state index contributed by atoms with van der Waals surface area (Å²) in [6.45, 7) is 4.12. The highest BCUT2D eigenvalue weighted by Gasteiger charge is 2.37. The van der Waals surface area contributed by atoms with Gasteiger partial charge in [0.25, 0.3) is 11.8 Å². The number of hydrogen-bond acceptors (Lipinski definition) is 6. The molecule has 2 atom stereocenters. The van der Waals surface area contributed by atoms with Gasteiger partial charge in [-0.1, -0.05) is 19.9 Å². The van der Waals surface area contributed by atoms with Crippen LogP contribution in [0.1, 0.15) is 59.4 Å². The summed E-state index contributed by atoms with van der Waals surface area (Å²) < 4.78 is 39.7. The zero-order valence-corrected chi connectivity index (χ0v) is 26.3. The normalized spacial score (nSPS) is 20.5. The van der Waals surface area contributed by atoms with Crippen molar-refractivity contribution in [3.63, 3.8) is 0 Å². The molecule has 238 valence electrons. The van der Waals surface area contributed by atoms with E-state index >= 15 is 0 Å². The van der Waals surface area contributed by atoms with Gasteiger partial charge in [-0.15, -0.1) is 0 Å². The highest BCUT2D eigenvalue weighted by molar-refractivity contribution is 7.92. The van der Waals surface area contributed by atoms with E-state index in [1.807, 2.05) is 13.8 Å². The number of aryl methyl sites for hydroxylation is 1. The summed E-state index contributed by atoms with van der Waals surface area (Å²) in [5.74, 6) is -2.59. The van der Waals surface area contributed by atoms with Crippen molar-refractivity contribution in [1.82, 2.24) is 20.4 Å². The molecule has 1 saturated heterocycles. The van der Waals surface area contributed by atoms with Gasteiger partial charge in [-0.2, -0.15) is 0 Å². The maximum Gasteiger partial charge on any atom is 0.257 e. The standard InChI is InChI=1S/C31H40FN5O6S/c1-20(2)26-18-36(30(40)22-10-12-23(13-11-22)35(3)44(4,42)43)19-28(38)33-15-5-7-21-9-14-25(32)24(17-21)31(41)37-16-6-8-27(37)29(39)34-26/h9-14,17,20,26-27H,5-8,15-16,18-19H2,1-4H3,(H,33,38)(H,34,39)/t26-,27-/m0/s1. The lowest BCUT2D eigenvalue weighted by Gasteiger charge is -2.32. The Morgan fingerprint density at radius 3 is 2.43 bits per heavy atom. The molecule has 2 aliphatic rings. The van der Waals surface area contributed by atoms with Gasteiger partial charge in [0.2, 0.25) is 21.8 Å². The molecule has 0 unspecified atom stereocenters. The first kappa shape index (κ1) is 32.9. The highest BCUT2D eigenvalue weighted by Crippen LogP contribution is 2.24. The molecule has 0 saturated carbocycles. The van der Waals surface area contributed by atoms with E-state index in [1.54, 1.807) is 6.07 Å². The number of hydrogen-bond donors (Lipinski definition) is 2. The molecule has 2 N–H and O–H groups in total. The van der Waals surface area contributed by atoms with Gasteiger partial charge in [-0.05, 0) is 73.6 Å². The van der Waals surface area contributed by atoms with Gasteiger partial charge in [0.15, 0.2) is 0 Å². The van der Waals surface area contributed by atoms with Gasteiger partial charge in [0, 0.05) is 38.3 Å². The monoisotopic (exact) mass is 629 g/mol. The molecule has 2 aromatic carbocycles. The number of carbonyl (C=O) groups is 4. The van der Waals surface area contributed by atoms with Crippen LogP contribution < -0.4 is 14.9 Å². The summed E-state index contributed by atoms with van der Waals surface area (Å²) in [5.41, 5.74) is 1.27. The number of sulfonamides is 1. The van der Waals surface area contributed by atoms with E-state index in [9.17, 15) is 32.0 Å². The largest absolute Gasteiger partial charge is 0.355 e. The minimum absolute atomic E-state index is 0.0106. The Balaban J connectivity index is 1.63. The predicted molar refractivity (Wildman–Crippen MR) is 164 cm³/mol. The molecule has 0 aliphatic carbocycles. The van der Waals surface area contributed by atoms with E-state index in [0.717, 1.165) is 16.1 Å². The molecule has 1 fully saturated rings. The first-order chi connectivity index (χ1) is 20.8. The Hall–Kier alpha value is -4.00. The van der Waals surface area contributed by atoms with Crippen LogP contribution in [0.3, 0.4) is 0 Å². The molecule has 2 aliphatic heterocycles. The van der Waals surface area contributed by atoms with Crippen molar-refractivity contribution in [3.05, 3.63) is 65.0 Å². The van der Waals surface area contributed by atoms with Gasteiger partial charge < -0.3 is 20.4 Å². The molecular formula is C31H40FN5O6S. The summed E-state index contributed by atoms with van der Waals surface area (Å²) in [7, 11) is -2.09. The Morgan fingerprint density at radius 2 is 1.77 bits per heavy atom. The Kier molecular flexibility index (Phi) is 10.3. The van der Waals surface area contributed by atoms with Crippen molar-refractivity contribution in [3.8, 4) is 0 Å². The van der Waals surface area contributed by atoms with Crippen LogP contribution in [-0.4, -0.2) is 93.4 Å². The summed E-state index contributed by atoms with van der Waals surface area (Å²) in [4.78, 5) is 56.5. The molecule has 0 spiro atoms. The first-order valence-corrected chi connectivity index (χ1v) is 16.6. The quantitative estimate of drug-likeness (QED) is 0.532. The number of amides is 4. The van der Waals surface area contributed by atoms with Crippen molar-refractivity contribution in [2.45, 2.75) is 51.6 Å². The highest BCUT2D eigenvalue weighted by atomic mass is 32.2. The van der Waals surface area contributed by atoms with Crippen LogP contribution >= 0.6 is 0 Å². The summed E-state index contributed by atoms with van der Waals surface area (Å²) in [5, 5.41) is 5.81. The molecule has 0 aromatic heterocycles. The number of rotatable bonds is 4. The second-order valence-corrected chi connectivity index (χ2v) is 13.8. The van der Waals surface area contributed by atoms with Crippen LogP contribution in [0.5, 0.6) is 0 Å². The van der Waals surface area contributed by atoms with Gasteiger partial charge in [0.05, 0.1) is 24.1 Å². The fourth-order valence-corrected chi connectivity index (χ4v) is 5.93. The van der Waals surface area contributed by atoms with Gasteiger partial charge >= 0.3 is 0 Å². The third kappa shape index (κ3) is 7.74. The first-order valence-electron chi connectivity index (χ1n) is 14.8. The predicted octanol–water partition coefficient (Wildman–Crippen LogP) is 2.17. The second kappa shape index (κ2) is 13.7. The number of halogens is 1. The van der Waals surface area contributed by atoms with Crippen LogP contribution in [0.4, 0.5) is 10.1 Å². The van der Waals surface area contributed by atoms with Crippen molar-refractivity contribution in [2.24, 2.45) is 5.92 Å². The van der Waals surface area contributed by atoms with Crippen molar-refractivity contribution in [1.29, 1.82) is 0 Å². The molecule has 44 heavy (non-hydrogen) atoms. The average molecular weight is 630 g/mol. The molecule has 13 heteroatoms. The molecule has 11 nitrogen and oxygen atoms in total. The van der Waals surface area contributed by atoms with Crippen LogP contribution in [-0.2, 0) is 26.0 Å². The van der Waals surface area contributed by atoms with Crippen LogP contribution in [0.2, 0.25) is 0 Å². The molecule has 2 bridgehead atoms.